The molecule has 0 bridgehead atoms. The molecule has 0 spiro atoms. The van der Waals surface area contributed by atoms with Crippen molar-refractivity contribution in [3.05, 3.63) is 58.9 Å². The molecule has 2 rings (SSSR count). The van der Waals surface area contributed by atoms with Gasteiger partial charge in [-0.3, -0.25) is 0 Å². The van der Waals surface area contributed by atoms with Crippen LogP contribution in [0.3, 0.4) is 0 Å². The van der Waals surface area contributed by atoms with Gasteiger partial charge in [0.05, 0.1) is 6.04 Å². The highest BCUT2D eigenvalue weighted by molar-refractivity contribution is 5.51. The molecule has 0 aromatic heterocycles. The zero-order valence-corrected chi connectivity index (χ0v) is 11.0. The summed E-state index contributed by atoms with van der Waals surface area (Å²) in [6.07, 6.45) is 0. The average Bonchev–Trinajstić information content (AvgIpc) is 2.41. The van der Waals surface area contributed by atoms with E-state index in [0.29, 0.717) is 5.56 Å². The first kappa shape index (κ1) is 14.2. The molecule has 0 saturated heterocycles. The van der Waals surface area contributed by atoms with Crippen LogP contribution >= 0.6 is 0 Å². The molecule has 0 radical (unpaired) electrons. The van der Waals surface area contributed by atoms with Crippen LogP contribution in [-0.4, -0.2) is 5.11 Å². The van der Waals surface area contributed by atoms with E-state index >= 15 is 0 Å². The van der Waals surface area contributed by atoms with Crippen molar-refractivity contribution >= 4 is 5.69 Å². The van der Waals surface area contributed by atoms with Crippen LogP contribution in [-0.2, 0) is 0 Å². The normalized spacial score (nSPS) is 12.2. The number of phenolic OH excluding ortho intramolecular Hbond substituents is 1. The number of halogens is 3. The van der Waals surface area contributed by atoms with Crippen molar-refractivity contribution in [1.82, 2.24) is 0 Å². The van der Waals surface area contributed by atoms with E-state index < -0.39 is 23.5 Å². The van der Waals surface area contributed by atoms with Gasteiger partial charge in [0, 0.05) is 5.56 Å². The molecule has 0 aliphatic rings. The van der Waals surface area contributed by atoms with E-state index in [-0.39, 0.29) is 17.0 Å². The molecule has 0 aliphatic carbocycles. The fraction of sp³-hybridized carbons (Fsp3) is 0.200. The highest BCUT2D eigenvalue weighted by atomic mass is 19.1. The monoisotopic (exact) mass is 281 g/mol. The van der Waals surface area contributed by atoms with E-state index in [9.17, 15) is 18.3 Å². The fourth-order valence-corrected chi connectivity index (χ4v) is 1.96. The van der Waals surface area contributed by atoms with Crippen LogP contribution in [0, 0.1) is 24.4 Å². The third-order valence-corrected chi connectivity index (χ3v) is 3.10. The molecule has 20 heavy (non-hydrogen) atoms. The molecule has 0 saturated carbocycles. The Morgan fingerprint density at radius 3 is 2.50 bits per heavy atom. The molecule has 1 atom stereocenters. The van der Waals surface area contributed by atoms with Gasteiger partial charge in [0.1, 0.15) is 23.1 Å². The Balaban J connectivity index is 2.35. The van der Waals surface area contributed by atoms with Gasteiger partial charge in [-0.05, 0) is 43.7 Å². The summed E-state index contributed by atoms with van der Waals surface area (Å²) in [5.41, 5.74) is 0.232. The van der Waals surface area contributed by atoms with E-state index in [2.05, 4.69) is 5.32 Å². The summed E-state index contributed by atoms with van der Waals surface area (Å²) < 4.78 is 40.7. The van der Waals surface area contributed by atoms with Crippen LogP contribution in [0.15, 0.2) is 30.3 Å². The average molecular weight is 281 g/mol. The lowest BCUT2D eigenvalue weighted by atomic mass is 10.1. The molecule has 2 nitrogen and oxygen atoms in total. The van der Waals surface area contributed by atoms with Crippen LogP contribution < -0.4 is 5.32 Å². The molecular formula is C15H14F3NO. The number of aromatic hydroxyl groups is 1. The van der Waals surface area contributed by atoms with Crippen LogP contribution in [0.2, 0.25) is 0 Å². The Bertz CT molecular complexity index is 643. The van der Waals surface area contributed by atoms with Crippen LogP contribution in [0.25, 0.3) is 0 Å². The predicted molar refractivity (Wildman–Crippen MR) is 71.2 cm³/mol. The van der Waals surface area contributed by atoms with Gasteiger partial charge in [0.2, 0.25) is 0 Å². The van der Waals surface area contributed by atoms with E-state index in [1.54, 1.807) is 6.92 Å². The van der Waals surface area contributed by atoms with Crippen LogP contribution in [0.5, 0.6) is 5.75 Å². The standard InChI is InChI=1S/C15H14F3NO/c1-8-3-5-12(17)15(14(8)18)19-9(2)11-7-10(16)4-6-13(11)20/h3-7,9,19-20H,1-2H3. The van der Waals surface area contributed by atoms with Gasteiger partial charge in [-0.15, -0.1) is 0 Å². The topological polar surface area (TPSA) is 32.3 Å². The summed E-state index contributed by atoms with van der Waals surface area (Å²) in [6.45, 7) is 3.10. The first-order valence-corrected chi connectivity index (χ1v) is 6.09. The molecule has 1 unspecified atom stereocenters. The fourth-order valence-electron chi connectivity index (χ4n) is 1.96. The minimum Gasteiger partial charge on any atom is -0.508 e. The molecule has 2 N–H and O–H groups in total. The van der Waals surface area contributed by atoms with Crippen molar-refractivity contribution in [2.24, 2.45) is 0 Å². The lowest BCUT2D eigenvalue weighted by Crippen LogP contribution is -2.10. The maximum absolute atomic E-state index is 13.9. The van der Waals surface area contributed by atoms with Crippen molar-refractivity contribution in [2.45, 2.75) is 19.9 Å². The largest absolute Gasteiger partial charge is 0.508 e. The number of anilines is 1. The van der Waals surface area contributed by atoms with Crippen molar-refractivity contribution < 1.29 is 18.3 Å². The molecule has 2 aromatic rings. The minimum absolute atomic E-state index is 0.139. The first-order chi connectivity index (χ1) is 9.40. The Morgan fingerprint density at radius 2 is 1.80 bits per heavy atom. The number of rotatable bonds is 3. The van der Waals surface area contributed by atoms with Crippen LogP contribution in [0.4, 0.5) is 18.9 Å². The molecule has 0 amide bonds. The second kappa shape index (κ2) is 5.45. The highest BCUT2D eigenvalue weighted by Gasteiger charge is 2.17. The third kappa shape index (κ3) is 2.71. The molecule has 0 fully saturated rings. The minimum atomic E-state index is -0.740. The first-order valence-electron chi connectivity index (χ1n) is 6.09. The summed E-state index contributed by atoms with van der Waals surface area (Å²) >= 11 is 0. The van der Waals surface area contributed by atoms with Gasteiger partial charge in [0.25, 0.3) is 0 Å². The van der Waals surface area contributed by atoms with Gasteiger partial charge in [-0.1, -0.05) is 6.07 Å². The molecular weight excluding hydrogens is 267 g/mol. The lowest BCUT2D eigenvalue weighted by Gasteiger charge is -2.18. The quantitative estimate of drug-likeness (QED) is 0.879. The van der Waals surface area contributed by atoms with E-state index in [0.717, 1.165) is 18.2 Å². The Labute approximate surface area is 114 Å². The van der Waals surface area contributed by atoms with Crippen molar-refractivity contribution in [2.75, 3.05) is 5.32 Å². The van der Waals surface area contributed by atoms with Crippen molar-refractivity contribution in [1.29, 1.82) is 0 Å². The highest BCUT2D eigenvalue weighted by Crippen LogP contribution is 2.30. The zero-order chi connectivity index (χ0) is 14.9. The maximum atomic E-state index is 13.9. The second-order valence-corrected chi connectivity index (χ2v) is 4.62. The van der Waals surface area contributed by atoms with Crippen LogP contribution in [0.1, 0.15) is 24.1 Å². The molecule has 106 valence electrons. The van der Waals surface area contributed by atoms with Crippen molar-refractivity contribution in [3.8, 4) is 5.75 Å². The smallest absolute Gasteiger partial charge is 0.152 e. The van der Waals surface area contributed by atoms with Crippen molar-refractivity contribution in [3.63, 3.8) is 0 Å². The predicted octanol–water partition coefficient (Wildman–Crippen LogP) is 4.29. The third-order valence-electron chi connectivity index (χ3n) is 3.10. The number of hydrogen-bond acceptors (Lipinski definition) is 2. The SMILES string of the molecule is Cc1ccc(F)c(NC(C)c2cc(F)ccc2O)c1F. The number of benzene rings is 2. The van der Waals surface area contributed by atoms with Gasteiger partial charge in [-0.25, -0.2) is 13.2 Å². The maximum Gasteiger partial charge on any atom is 0.152 e. The molecule has 2 aromatic carbocycles. The van der Waals surface area contributed by atoms with E-state index in [1.807, 2.05) is 0 Å². The Kier molecular flexibility index (Phi) is 3.88. The van der Waals surface area contributed by atoms with Gasteiger partial charge in [0.15, 0.2) is 5.82 Å². The van der Waals surface area contributed by atoms with Gasteiger partial charge in [-0.2, -0.15) is 0 Å². The lowest BCUT2D eigenvalue weighted by molar-refractivity contribution is 0.462. The molecule has 0 aliphatic heterocycles. The van der Waals surface area contributed by atoms with E-state index in [4.69, 9.17) is 0 Å². The van der Waals surface area contributed by atoms with Gasteiger partial charge >= 0.3 is 0 Å². The summed E-state index contributed by atoms with van der Waals surface area (Å²) in [5.74, 6) is -2.11. The summed E-state index contributed by atoms with van der Waals surface area (Å²) in [6, 6.07) is 5.26. The summed E-state index contributed by atoms with van der Waals surface area (Å²) in [5, 5.41) is 12.3. The number of phenols is 1. The Hall–Kier alpha value is -2.17. The number of hydrogen-bond donors (Lipinski definition) is 2. The van der Waals surface area contributed by atoms with Gasteiger partial charge < -0.3 is 10.4 Å². The summed E-state index contributed by atoms with van der Waals surface area (Å²) in [7, 11) is 0. The van der Waals surface area contributed by atoms with E-state index in [1.165, 1.54) is 19.1 Å². The molecule has 0 heterocycles. The summed E-state index contributed by atoms with van der Waals surface area (Å²) in [4.78, 5) is 0. The molecule has 5 heteroatoms. The second-order valence-electron chi connectivity index (χ2n) is 4.62. The Morgan fingerprint density at radius 1 is 1.10 bits per heavy atom. The number of nitrogens with one attached hydrogen (secondary N) is 1. The zero-order valence-electron chi connectivity index (χ0n) is 11.0. The number of aryl methyl sites for hydroxylation is 1.